The van der Waals surface area contributed by atoms with Crippen molar-refractivity contribution in [2.75, 3.05) is 39.1 Å². The second-order valence-electron chi connectivity index (χ2n) is 8.96. The molecule has 0 fully saturated rings. The molecule has 1 heterocycles. The molecular formula is C29H33N3O2. The van der Waals surface area contributed by atoms with E-state index >= 15 is 0 Å². The number of hydrogen-bond donors (Lipinski definition) is 0. The van der Waals surface area contributed by atoms with Gasteiger partial charge in [0.25, 0.3) is 0 Å². The molecule has 0 bridgehead atoms. The van der Waals surface area contributed by atoms with Crippen molar-refractivity contribution in [1.82, 2.24) is 9.80 Å². The molecule has 3 aromatic carbocycles. The van der Waals surface area contributed by atoms with E-state index in [1.165, 1.54) is 22.5 Å². The Hall–Kier alpha value is -3.57. The molecule has 0 N–H and O–H groups in total. The van der Waals surface area contributed by atoms with E-state index in [2.05, 4.69) is 83.5 Å². The summed E-state index contributed by atoms with van der Waals surface area (Å²) < 4.78 is 5.67. The molecule has 0 spiro atoms. The number of amides is 1. The van der Waals surface area contributed by atoms with Crippen LogP contribution in [0.15, 0.2) is 72.8 Å². The fraction of sp³-hybridized carbons (Fsp3) is 0.276. The molecule has 1 amide bonds. The zero-order valence-electron chi connectivity index (χ0n) is 20.4. The summed E-state index contributed by atoms with van der Waals surface area (Å²) in [4.78, 5) is 18.8. The van der Waals surface area contributed by atoms with Crippen LogP contribution in [0, 0.1) is 0 Å². The molecule has 176 valence electrons. The summed E-state index contributed by atoms with van der Waals surface area (Å²) in [5, 5.41) is 0. The second-order valence-corrected chi connectivity index (χ2v) is 8.96. The average Bonchev–Trinajstić information content (AvgIpc) is 3.01. The monoisotopic (exact) mass is 455 g/mol. The lowest BCUT2D eigenvalue weighted by Gasteiger charge is -2.28. The van der Waals surface area contributed by atoms with Crippen LogP contribution in [0.5, 0.6) is 5.75 Å². The van der Waals surface area contributed by atoms with Crippen molar-refractivity contribution in [1.29, 1.82) is 0 Å². The van der Waals surface area contributed by atoms with Gasteiger partial charge in [0.1, 0.15) is 5.75 Å². The molecule has 0 aliphatic carbocycles. The van der Waals surface area contributed by atoms with Crippen molar-refractivity contribution in [3.05, 3.63) is 89.5 Å². The molecule has 0 unspecified atom stereocenters. The lowest BCUT2D eigenvalue weighted by Crippen LogP contribution is -2.32. The van der Waals surface area contributed by atoms with Crippen LogP contribution in [0.25, 0.3) is 12.2 Å². The Labute approximate surface area is 202 Å². The maximum atomic E-state index is 12.7. The van der Waals surface area contributed by atoms with Crippen molar-refractivity contribution in [3.8, 4) is 5.75 Å². The van der Waals surface area contributed by atoms with Crippen LogP contribution >= 0.6 is 0 Å². The largest absolute Gasteiger partial charge is 0.414 e. The molecule has 3 aromatic rings. The van der Waals surface area contributed by atoms with Gasteiger partial charge in [0.15, 0.2) is 0 Å². The Balaban J connectivity index is 1.40. The zero-order chi connectivity index (χ0) is 24.1. The van der Waals surface area contributed by atoms with Gasteiger partial charge in [-0.3, -0.25) is 0 Å². The van der Waals surface area contributed by atoms with E-state index in [1.54, 1.807) is 11.9 Å². The Morgan fingerprint density at radius 2 is 1.50 bits per heavy atom. The first-order valence-electron chi connectivity index (χ1n) is 11.8. The molecular weight excluding hydrogens is 422 g/mol. The predicted octanol–water partition coefficient (Wildman–Crippen LogP) is 6.45. The minimum atomic E-state index is -0.340. The molecule has 4 rings (SSSR count). The van der Waals surface area contributed by atoms with Crippen LogP contribution in [0.3, 0.4) is 0 Å². The Bertz CT molecular complexity index is 1120. The molecule has 1 aliphatic rings. The van der Waals surface area contributed by atoms with E-state index in [-0.39, 0.29) is 12.1 Å². The van der Waals surface area contributed by atoms with Crippen LogP contribution in [0.4, 0.5) is 16.2 Å². The third-order valence-electron chi connectivity index (χ3n) is 6.40. The highest BCUT2D eigenvalue weighted by Crippen LogP contribution is 2.36. The van der Waals surface area contributed by atoms with E-state index in [1.807, 2.05) is 32.3 Å². The standard InChI is InChI=1S/C29H33N3O2/c1-22(30(2)3)25-13-9-14-26(21-25)34-29(33)31(4)19-10-20-32-27-15-7-5-11-23(27)17-18-24-12-6-8-16-28(24)32/h5-9,11-18,21-22H,10,19-20H2,1-4H3/t22-/m0/s1. The zero-order valence-corrected chi connectivity index (χ0v) is 20.4. The first-order chi connectivity index (χ1) is 16.4. The molecule has 0 aromatic heterocycles. The maximum absolute atomic E-state index is 12.7. The van der Waals surface area contributed by atoms with Gasteiger partial charge in [-0.1, -0.05) is 60.7 Å². The van der Waals surface area contributed by atoms with Crippen molar-refractivity contribution in [2.24, 2.45) is 0 Å². The van der Waals surface area contributed by atoms with Crippen LogP contribution in [0.2, 0.25) is 0 Å². The molecule has 5 heteroatoms. The van der Waals surface area contributed by atoms with Gasteiger partial charge in [-0.25, -0.2) is 4.79 Å². The van der Waals surface area contributed by atoms with E-state index in [9.17, 15) is 4.79 Å². The topological polar surface area (TPSA) is 36.0 Å². The van der Waals surface area contributed by atoms with Crippen LogP contribution in [0.1, 0.15) is 36.1 Å². The summed E-state index contributed by atoms with van der Waals surface area (Å²) in [5.74, 6) is 0.574. The number of carbonyl (C=O) groups excluding carboxylic acids is 1. The fourth-order valence-corrected chi connectivity index (χ4v) is 4.17. The van der Waals surface area contributed by atoms with Gasteiger partial charge in [-0.15, -0.1) is 0 Å². The summed E-state index contributed by atoms with van der Waals surface area (Å²) in [6.07, 6.45) is 4.81. The average molecular weight is 456 g/mol. The maximum Gasteiger partial charge on any atom is 0.414 e. The minimum Gasteiger partial charge on any atom is -0.410 e. The van der Waals surface area contributed by atoms with Crippen molar-refractivity contribution in [3.63, 3.8) is 0 Å². The van der Waals surface area contributed by atoms with Gasteiger partial charge in [-0.2, -0.15) is 0 Å². The molecule has 5 nitrogen and oxygen atoms in total. The quantitative estimate of drug-likeness (QED) is 0.410. The third-order valence-corrected chi connectivity index (χ3v) is 6.40. The second kappa shape index (κ2) is 10.6. The summed E-state index contributed by atoms with van der Waals surface area (Å²) in [6.45, 7) is 3.52. The number of anilines is 2. The van der Waals surface area contributed by atoms with Crippen LogP contribution in [-0.4, -0.2) is 50.1 Å². The molecule has 0 saturated carbocycles. The fourth-order valence-electron chi connectivity index (χ4n) is 4.17. The summed E-state index contributed by atoms with van der Waals surface area (Å²) in [7, 11) is 5.86. The molecule has 34 heavy (non-hydrogen) atoms. The highest BCUT2D eigenvalue weighted by Gasteiger charge is 2.18. The third kappa shape index (κ3) is 5.32. The van der Waals surface area contributed by atoms with Gasteiger partial charge in [0.2, 0.25) is 0 Å². The number of nitrogens with zero attached hydrogens (tertiary/aromatic N) is 3. The van der Waals surface area contributed by atoms with E-state index in [0.29, 0.717) is 12.3 Å². The highest BCUT2D eigenvalue weighted by molar-refractivity contribution is 5.88. The Morgan fingerprint density at radius 3 is 2.12 bits per heavy atom. The molecule has 0 radical (unpaired) electrons. The van der Waals surface area contributed by atoms with E-state index < -0.39 is 0 Å². The Kier molecular flexibility index (Phi) is 7.33. The lowest BCUT2D eigenvalue weighted by molar-refractivity contribution is 0.162. The number of hydrogen-bond acceptors (Lipinski definition) is 4. The van der Waals surface area contributed by atoms with Crippen molar-refractivity contribution in [2.45, 2.75) is 19.4 Å². The summed E-state index contributed by atoms with van der Waals surface area (Å²) >= 11 is 0. The molecule has 0 saturated heterocycles. The number of rotatable bonds is 7. The SMILES string of the molecule is C[C@@H](c1cccc(OC(=O)N(C)CCCN2c3ccccc3C=Cc3ccccc32)c1)N(C)C. The summed E-state index contributed by atoms with van der Waals surface area (Å²) in [6, 6.07) is 24.9. The van der Waals surface area contributed by atoms with Gasteiger partial charge >= 0.3 is 6.09 Å². The first kappa shape index (κ1) is 23.6. The van der Waals surface area contributed by atoms with Crippen LogP contribution in [-0.2, 0) is 0 Å². The number of para-hydroxylation sites is 2. The van der Waals surface area contributed by atoms with Gasteiger partial charge in [-0.05, 0) is 68.4 Å². The molecule has 1 atom stereocenters. The van der Waals surface area contributed by atoms with Gasteiger partial charge < -0.3 is 19.4 Å². The number of benzene rings is 3. The lowest BCUT2D eigenvalue weighted by atomic mass is 10.1. The highest BCUT2D eigenvalue weighted by atomic mass is 16.6. The number of ether oxygens (including phenoxy) is 1. The summed E-state index contributed by atoms with van der Waals surface area (Å²) in [5.41, 5.74) is 5.86. The first-order valence-corrected chi connectivity index (χ1v) is 11.8. The predicted molar refractivity (Wildman–Crippen MR) is 141 cm³/mol. The van der Waals surface area contributed by atoms with Gasteiger partial charge in [0.05, 0.1) is 0 Å². The van der Waals surface area contributed by atoms with Crippen molar-refractivity contribution < 1.29 is 9.53 Å². The normalized spacial score (nSPS) is 13.1. The van der Waals surface area contributed by atoms with Crippen LogP contribution < -0.4 is 9.64 Å². The van der Waals surface area contributed by atoms with Gasteiger partial charge in [0, 0.05) is 37.6 Å². The van der Waals surface area contributed by atoms with Crippen molar-refractivity contribution >= 4 is 29.6 Å². The van der Waals surface area contributed by atoms with E-state index in [0.717, 1.165) is 18.5 Å². The minimum absolute atomic E-state index is 0.241. The number of carbonyl (C=O) groups is 1. The van der Waals surface area contributed by atoms with E-state index in [4.69, 9.17) is 4.74 Å². The Morgan fingerprint density at radius 1 is 0.882 bits per heavy atom. The smallest absolute Gasteiger partial charge is 0.410 e. The number of fused-ring (bicyclic) bond motifs is 2. The molecule has 1 aliphatic heterocycles.